The number of amides is 1. The third kappa shape index (κ3) is 6.80. The first-order valence-electron chi connectivity index (χ1n) is 8.99. The summed E-state index contributed by atoms with van der Waals surface area (Å²) in [4.78, 5) is 35.2. The SMILES string of the molecule is CCOc1cc(/C=C/C(=O)OCC(=O)Nc2cccc(C(C)=O)c2)ccc1OC. The highest BCUT2D eigenvalue weighted by molar-refractivity contribution is 5.98. The lowest BCUT2D eigenvalue weighted by Gasteiger charge is -2.09. The number of benzene rings is 2. The zero-order valence-corrected chi connectivity index (χ0v) is 16.6. The minimum absolute atomic E-state index is 0.108. The Bertz CT molecular complexity index is 919. The van der Waals surface area contributed by atoms with Crippen LogP contribution in [0.5, 0.6) is 11.5 Å². The summed E-state index contributed by atoms with van der Waals surface area (Å²) in [7, 11) is 1.55. The largest absolute Gasteiger partial charge is 0.493 e. The molecule has 0 aliphatic rings. The number of hydrogen-bond acceptors (Lipinski definition) is 6. The minimum Gasteiger partial charge on any atom is -0.493 e. The Hall–Kier alpha value is -3.61. The topological polar surface area (TPSA) is 90.9 Å². The molecule has 0 aliphatic heterocycles. The predicted octanol–water partition coefficient (Wildman–Crippen LogP) is 3.49. The van der Waals surface area contributed by atoms with Gasteiger partial charge in [-0.05, 0) is 49.8 Å². The average Bonchev–Trinajstić information content (AvgIpc) is 2.71. The maximum atomic E-state index is 11.9. The molecule has 0 fully saturated rings. The van der Waals surface area contributed by atoms with Crippen molar-refractivity contribution in [1.29, 1.82) is 0 Å². The van der Waals surface area contributed by atoms with Gasteiger partial charge in [0.05, 0.1) is 13.7 Å². The fraction of sp³-hybridized carbons (Fsp3) is 0.227. The zero-order valence-electron chi connectivity index (χ0n) is 16.6. The Labute approximate surface area is 169 Å². The summed E-state index contributed by atoms with van der Waals surface area (Å²) in [6.07, 6.45) is 2.78. The molecule has 1 amide bonds. The summed E-state index contributed by atoms with van der Waals surface area (Å²) in [6.45, 7) is 3.34. The Kier molecular flexibility index (Phi) is 7.97. The summed E-state index contributed by atoms with van der Waals surface area (Å²) in [5, 5.41) is 2.58. The Morgan fingerprint density at radius 2 is 1.86 bits per heavy atom. The highest BCUT2D eigenvalue weighted by Gasteiger charge is 2.08. The van der Waals surface area contributed by atoms with Crippen molar-refractivity contribution < 1.29 is 28.6 Å². The monoisotopic (exact) mass is 397 g/mol. The van der Waals surface area contributed by atoms with Crippen molar-refractivity contribution in [3.63, 3.8) is 0 Å². The van der Waals surface area contributed by atoms with Gasteiger partial charge in [0.1, 0.15) is 0 Å². The van der Waals surface area contributed by atoms with Crippen molar-refractivity contribution in [2.24, 2.45) is 0 Å². The quantitative estimate of drug-likeness (QED) is 0.396. The van der Waals surface area contributed by atoms with Crippen LogP contribution in [-0.2, 0) is 14.3 Å². The number of methoxy groups -OCH3 is 1. The zero-order chi connectivity index (χ0) is 21.2. The molecule has 0 aliphatic carbocycles. The second-order valence-electron chi connectivity index (χ2n) is 5.97. The molecule has 2 aromatic carbocycles. The summed E-state index contributed by atoms with van der Waals surface area (Å²) in [5.74, 6) is -0.111. The molecular formula is C22H23NO6. The van der Waals surface area contributed by atoms with Crippen LogP contribution < -0.4 is 14.8 Å². The van der Waals surface area contributed by atoms with Crippen LogP contribution >= 0.6 is 0 Å². The Morgan fingerprint density at radius 3 is 2.55 bits per heavy atom. The third-order valence-electron chi connectivity index (χ3n) is 3.80. The molecule has 2 rings (SSSR count). The number of carbonyl (C=O) groups is 3. The van der Waals surface area contributed by atoms with Gasteiger partial charge in [-0.2, -0.15) is 0 Å². The number of Topliss-reactive ketones (excluding diaryl/α,β-unsaturated/α-hetero) is 1. The molecule has 0 radical (unpaired) electrons. The van der Waals surface area contributed by atoms with E-state index in [0.717, 1.165) is 5.56 Å². The van der Waals surface area contributed by atoms with Gasteiger partial charge in [0.25, 0.3) is 5.91 Å². The van der Waals surface area contributed by atoms with Gasteiger partial charge in [-0.1, -0.05) is 18.2 Å². The molecule has 0 bridgehead atoms. The maximum Gasteiger partial charge on any atom is 0.331 e. The number of hydrogen-bond donors (Lipinski definition) is 1. The first kappa shape index (κ1) is 21.7. The minimum atomic E-state index is -0.661. The third-order valence-corrected chi connectivity index (χ3v) is 3.80. The van der Waals surface area contributed by atoms with E-state index < -0.39 is 18.5 Å². The number of rotatable bonds is 9. The van der Waals surface area contributed by atoms with E-state index in [0.29, 0.717) is 29.4 Å². The molecule has 2 aromatic rings. The van der Waals surface area contributed by atoms with Crippen molar-refractivity contribution >= 4 is 29.4 Å². The van der Waals surface area contributed by atoms with E-state index in [1.165, 1.54) is 13.0 Å². The van der Waals surface area contributed by atoms with Gasteiger partial charge in [-0.15, -0.1) is 0 Å². The lowest BCUT2D eigenvalue weighted by molar-refractivity contribution is -0.142. The molecule has 0 aromatic heterocycles. The molecule has 7 nitrogen and oxygen atoms in total. The van der Waals surface area contributed by atoms with Gasteiger partial charge in [0, 0.05) is 17.3 Å². The van der Waals surface area contributed by atoms with E-state index in [2.05, 4.69) is 5.32 Å². The van der Waals surface area contributed by atoms with Crippen LogP contribution in [-0.4, -0.2) is 38.0 Å². The highest BCUT2D eigenvalue weighted by Crippen LogP contribution is 2.28. The van der Waals surface area contributed by atoms with Crippen LogP contribution in [0.1, 0.15) is 29.8 Å². The van der Waals surface area contributed by atoms with Crippen LogP contribution in [0, 0.1) is 0 Å². The molecular weight excluding hydrogens is 374 g/mol. The first-order chi connectivity index (χ1) is 13.9. The van der Waals surface area contributed by atoms with Gasteiger partial charge in [-0.25, -0.2) is 4.79 Å². The molecule has 0 atom stereocenters. The summed E-state index contributed by atoms with van der Waals surface area (Å²) < 4.78 is 15.6. The molecule has 7 heteroatoms. The Balaban J connectivity index is 1.89. The fourth-order valence-corrected chi connectivity index (χ4v) is 2.43. The van der Waals surface area contributed by atoms with Crippen molar-refractivity contribution in [1.82, 2.24) is 0 Å². The van der Waals surface area contributed by atoms with Gasteiger partial charge in [0.15, 0.2) is 23.9 Å². The second kappa shape index (κ2) is 10.7. The highest BCUT2D eigenvalue weighted by atomic mass is 16.5. The molecule has 0 saturated heterocycles. The molecule has 0 spiro atoms. The number of anilines is 1. The van der Waals surface area contributed by atoms with E-state index in [1.54, 1.807) is 55.7 Å². The molecule has 0 unspecified atom stereocenters. The number of ketones is 1. The van der Waals surface area contributed by atoms with E-state index in [4.69, 9.17) is 14.2 Å². The molecule has 152 valence electrons. The number of ether oxygens (including phenoxy) is 3. The van der Waals surface area contributed by atoms with Crippen molar-refractivity contribution in [3.05, 3.63) is 59.7 Å². The van der Waals surface area contributed by atoms with E-state index >= 15 is 0 Å². The number of nitrogens with one attached hydrogen (secondary N) is 1. The predicted molar refractivity (Wildman–Crippen MR) is 109 cm³/mol. The normalized spacial score (nSPS) is 10.4. The van der Waals surface area contributed by atoms with Crippen LogP contribution in [0.25, 0.3) is 6.08 Å². The van der Waals surface area contributed by atoms with Crippen molar-refractivity contribution in [2.75, 3.05) is 25.6 Å². The number of carbonyl (C=O) groups excluding carboxylic acids is 3. The van der Waals surface area contributed by atoms with Crippen LogP contribution in [0.3, 0.4) is 0 Å². The van der Waals surface area contributed by atoms with Gasteiger partial charge < -0.3 is 19.5 Å². The van der Waals surface area contributed by atoms with Gasteiger partial charge in [-0.3, -0.25) is 9.59 Å². The fourth-order valence-electron chi connectivity index (χ4n) is 2.43. The van der Waals surface area contributed by atoms with Crippen LogP contribution in [0.4, 0.5) is 5.69 Å². The van der Waals surface area contributed by atoms with E-state index in [-0.39, 0.29) is 5.78 Å². The smallest absolute Gasteiger partial charge is 0.331 e. The molecule has 0 heterocycles. The van der Waals surface area contributed by atoms with Gasteiger partial charge in [0.2, 0.25) is 0 Å². The maximum absolute atomic E-state index is 11.9. The molecule has 29 heavy (non-hydrogen) atoms. The average molecular weight is 397 g/mol. The Morgan fingerprint density at radius 1 is 1.07 bits per heavy atom. The summed E-state index contributed by atoms with van der Waals surface area (Å²) in [6, 6.07) is 11.7. The van der Waals surface area contributed by atoms with Gasteiger partial charge >= 0.3 is 5.97 Å². The van der Waals surface area contributed by atoms with E-state index in [9.17, 15) is 14.4 Å². The second-order valence-corrected chi connectivity index (χ2v) is 5.97. The first-order valence-corrected chi connectivity index (χ1v) is 8.99. The lowest BCUT2D eigenvalue weighted by Crippen LogP contribution is -2.20. The molecule has 0 saturated carbocycles. The summed E-state index contributed by atoms with van der Waals surface area (Å²) >= 11 is 0. The van der Waals surface area contributed by atoms with Crippen LogP contribution in [0.2, 0.25) is 0 Å². The van der Waals surface area contributed by atoms with Crippen molar-refractivity contribution in [3.8, 4) is 11.5 Å². The standard InChI is InChI=1S/C22H23NO6/c1-4-28-20-12-16(8-10-19(20)27-3)9-11-22(26)29-14-21(25)23-18-7-5-6-17(13-18)15(2)24/h5-13H,4,14H2,1-3H3,(H,23,25)/b11-9+. The number of esters is 1. The lowest BCUT2D eigenvalue weighted by atomic mass is 10.1. The van der Waals surface area contributed by atoms with Crippen molar-refractivity contribution in [2.45, 2.75) is 13.8 Å². The van der Waals surface area contributed by atoms with Crippen LogP contribution in [0.15, 0.2) is 48.5 Å². The van der Waals surface area contributed by atoms with E-state index in [1.807, 2.05) is 6.92 Å². The molecule has 1 N–H and O–H groups in total. The summed E-state index contributed by atoms with van der Waals surface area (Å²) in [5.41, 5.74) is 1.65.